The fourth-order valence-electron chi connectivity index (χ4n) is 5.54. The molecule has 10 N–H and O–H groups in total. The Morgan fingerprint density at radius 3 is 2.21 bits per heavy atom. The minimum absolute atomic E-state index is 0.00875. The van der Waals surface area contributed by atoms with E-state index in [9.17, 15) is 24.0 Å². The first-order valence-electron chi connectivity index (χ1n) is 17.3. The zero-order valence-corrected chi connectivity index (χ0v) is 28.9. The summed E-state index contributed by atoms with van der Waals surface area (Å²) in [5.74, 6) is -0.665. The number of nitrogens with zero attached hydrogens (tertiary/aromatic N) is 2. The fraction of sp³-hybridized carbons (Fsp3) is 0.351. The largest absolute Gasteiger partial charge is 0.482 e. The van der Waals surface area contributed by atoms with Gasteiger partial charge in [0.1, 0.15) is 5.75 Å². The number of aliphatic imine (C=N–C) groups is 1. The van der Waals surface area contributed by atoms with E-state index in [1.165, 1.54) is 0 Å². The lowest BCUT2D eigenvalue weighted by Crippen LogP contribution is -2.41. The van der Waals surface area contributed by atoms with Crippen molar-refractivity contribution in [2.75, 3.05) is 36.9 Å². The van der Waals surface area contributed by atoms with Crippen molar-refractivity contribution in [3.8, 4) is 5.75 Å². The second kappa shape index (κ2) is 17.8. The van der Waals surface area contributed by atoms with Gasteiger partial charge in [0, 0.05) is 54.6 Å². The smallest absolute Gasteiger partial charge is 0.262 e. The monoisotopic (exact) mass is 711 g/mol. The lowest BCUT2D eigenvalue weighted by Gasteiger charge is -2.24. The Bertz CT molecular complexity index is 1790. The van der Waals surface area contributed by atoms with Crippen molar-refractivity contribution < 1.29 is 28.7 Å². The minimum atomic E-state index is -0.633. The van der Waals surface area contributed by atoms with Gasteiger partial charge in [0.15, 0.2) is 12.6 Å². The van der Waals surface area contributed by atoms with Gasteiger partial charge in [-0.25, -0.2) is 0 Å². The third-order valence-corrected chi connectivity index (χ3v) is 8.58. The summed E-state index contributed by atoms with van der Waals surface area (Å²) in [5.41, 5.74) is 19.8. The van der Waals surface area contributed by atoms with Crippen molar-refractivity contribution in [1.29, 1.82) is 0 Å². The molecular formula is C37H45N9O6. The van der Waals surface area contributed by atoms with Gasteiger partial charge < -0.3 is 48.1 Å². The molecule has 0 spiro atoms. The van der Waals surface area contributed by atoms with E-state index < -0.39 is 6.04 Å². The summed E-state index contributed by atoms with van der Waals surface area (Å²) in [4.78, 5) is 68.4. The Morgan fingerprint density at radius 2 is 1.52 bits per heavy atom. The first kappa shape index (κ1) is 37.3. The molecule has 0 bridgehead atoms. The van der Waals surface area contributed by atoms with Crippen LogP contribution in [0.4, 0.5) is 11.4 Å². The summed E-state index contributed by atoms with van der Waals surface area (Å²) in [7, 11) is 0. The van der Waals surface area contributed by atoms with Gasteiger partial charge >= 0.3 is 0 Å². The van der Waals surface area contributed by atoms with E-state index in [1.807, 2.05) is 17.0 Å². The van der Waals surface area contributed by atoms with Crippen molar-refractivity contribution >= 4 is 46.9 Å². The number of rotatable bonds is 17. The van der Waals surface area contributed by atoms with Crippen LogP contribution in [0.2, 0.25) is 0 Å². The molecule has 52 heavy (non-hydrogen) atoms. The maximum absolute atomic E-state index is 13.5. The number of ether oxygens (including phenoxy) is 1. The quantitative estimate of drug-likeness (QED) is 0.0616. The van der Waals surface area contributed by atoms with Crippen molar-refractivity contribution in [3.05, 3.63) is 89.0 Å². The molecule has 1 aliphatic carbocycles. The molecule has 0 radical (unpaired) electrons. The van der Waals surface area contributed by atoms with E-state index in [4.69, 9.17) is 21.9 Å². The Labute approximate surface area is 301 Å². The summed E-state index contributed by atoms with van der Waals surface area (Å²) >= 11 is 0. The summed E-state index contributed by atoms with van der Waals surface area (Å²) in [5, 5.41) is 11.2. The minimum Gasteiger partial charge on any atom is -0.482 e. The summed E-state index contributed by atoms with van der Waals surface area (Å²) in [6.45, 7) is 1.60. The number of anilines is 2. The summed E-state index contributed by atoms with van der Waals surface area (Å²) in [6.07, 6.45) is 4.26. The van der Waals surface area contributed by atoms with Crippen molar-refractivity contribution in [1.82, 2.24) is 15.5 Å². The SMILES string of the molecule is NC(N)=NCCCC(N)C(=O)NCCCCNC(=O)c1ccc(NC(=O)c2ccc(CN(C(=O)c3ccc4c(c3)OCC(=O)N4)C3CC3)cc2)cc1. The normalized spacial score (nSPS) is 13.8. The number of guanidine groups is 1. The van der Waals surface area contributed by atoms with Gasteiger partial charge in [0.05, 0.1) is 11.7 Å². The van der Waals surface area contributed by atoms with Crippen LogP contribution in [0.1, 0.15) is 75.2 Å². The highest BCUT2D eigenvalue weighted by molar-refractivity contribution is 6.04. The Balaban J connectivity index is 1.02. The number of hydrogen-bond acceptors (Lipinski definition) is 8. The van der Waals surface area contributed by atoms with Gasteiger partial charge in [-0.15, -0.1) is 0 Å². The van der Waals surface area contributed by atoms with Gasteiger partial charge in [0.2, 0.25) is 5.91 Å². The molecule has 1 saturated carbocycles. The van der Waals surface area contributed by atoms with E-state index in [1.54, 1.807) is 54.6 Å². The number of nitrogens with one attached hydrogen (secondary N) is 4. The molecule has 1 aliphatic heterocycles. The number of nitrogens with two attached hydrogens (primary N) is 3. The van der Waals surface area contributed by atoms with Gasteiger partial charge in [-0.2, -0.15) is 0 Å². The van der Waals surface area contributed by atoms with Crippen LogP contribution in [0.3, 0.4) is 0 Å². The molecular weight excluding hydrogens is 666 g/mol. The molecule has 0 saturated heterocycles. The zero-order valence-electron chi connectivity index (χ0n) is 28.9. The lowest BCUT2D eigenvalue weighted by molar-refractivity contribution is -0.122. The Hall–Kier alpha value is -5.96. The van der Waals surface area contributed by atoms with Crippen LogP contribution in [-0.4, -0.2) is 78.7 Å². The van der Waals surface area contributed by atoms with E-state index in [-0.39, 0.29) is 48.1 Å². The second-order valence-corrected chi connectivity index (χ2v) is 12.7. The molecule has 3 aromatic rings. The highest BCUT2D eigenvalue weighted by Gasteiger charge is 2.33. The van der Waals surface area contributed by atoms with E-state index in [0.717, 1.165) is 18.4 Å². The summed E-state index contributed by atoms with van der Waals surface area (Å²) < 4.78 is 5.49. The molecule has 3 aromatic carbocycles. The maximum Gasteiger partial charge on any atom is 0.262 e. The van der Waals surface area contributed by atoms with Crippen LogP contribution in [0.25, 0.3) is 0 Å². The number of benzene rings is 3. The van der Waals surface area contributed by atoms with Crippen molar-refractivity contribution in [3.63, 3.8) is 0 Å². The average Bonchev–Trinajstić information content (AvgIpc) is 3.99. The van der Waals surface area contributed by atoms with E-state index in [2.05, 4.69) is 26.3 Å². The molecule has 274 valence electrons. The third-order valence-electron chi connectivity index (χ3n) is 8.58. The molecule has 5 amide bonds. The van der Waals surface area contributed by atoms with Crippen LogP contribution in [0, 0.1) is 0 Å². The zero-order chi connectivity index (χ0) is 37.0. The van der Waals surface area contributed by atoms with Crippen molar-refractivity contribution in [2.24, 2.45) is 22.2 Å². The molecule has 1 unspecified atom stereocenters. The van der Waals surface area contributed by atoms with Gasteiger partial charge in [-0.1, -0.05) is 12.1 Å². The van der Waals surface area contributed by atoms with Crippen LogP contribution in [0.5, 0.6) is 5.75 Å². The molecule has 0 aromatic heterocycles. The van der Waals surface area contributed by atoms with Crippen LogP contribution in [0.15, 0.2) is 71.7 Å². The molecule has 15 heteroatoms. The van der Waals surface area contributed by atoms with E-state index in [0.29, 0.717) is 85.7 Å². The Morgan fingerprint density at radius 1 is 0.865 bits per heavy atom. The first-order valence-corrected chi connectivity index (χ1v) is 17.3. The number of carbonyl (C=O) groups is 5. The van der Waals surface area contributed by atoms with Gasteiger partial charge in [-0.05, 0) is 98.7 Å². The number of hydrogen-bond donors (Lipinski definition) is 7. The van der Waals surface area contributed by atoms with E-state index >= 15 is 0 Å². The highest BCUT2D eigenvalue weighted by Crippen LogP contribution is 2.33. The number of fused-ring (bicyclic) bond motifs is 1. The second-order valence-electron chi connectivity index (χ2n) is 12.7. The molecule has 15 nitrogen and oxygen atoms in total. The van der Waals surface area contributed by atoms with Crippen LogP contribution < -0.4 is 43.2 Å². The molecule has 1 atom stereocenters. The van der Waals surface area contributed by atoms with Crippen LogP contribution in [-0.2, 0) is 16.1 Å². The predicted molar refractivity (Wildman–Crippen MR) is 197 cm³/mol. The molecule has 1 fully saturated rings. The molecule has 5 rings (SSSR count). The third kappa shape index (κ3) is 10.8. The molecule has 1 heterocycles. The first-order chi connectivity index (χ1) is 25.1. The lowest BCUT2D eigenvalue weighted by atomic mass is 10.1. The van der Waals surface area contributed by atoms with Gasteiger partial charge in [-0.3, -0.25) is 29.0 Å². The van der Waals surface area contributed by atoms with Gasteiger partial charge in [0.25, 0.3) is 23.6 Å². The number of amides is 5. The highest BCUT2D eigenvalue weighted by atomic mass is 16.5. The number of unbranched alkanes of at least 4 members (excludes halogenated alkanes) is 1. The number of carbonyl (C=O) groups excluding carboxylic acids is 5. The van der Waals surface area contributed by atoms with Crippen molar-refractivity contribution in [2.45, 2.75) is 57.2 Å². The average molecular weight is 712 g/mol. The topological polar surface area (TPSA) is 236 Å². The summed E-state index contributed by atoms with van der Waals surface area (Å²) in [6, 6.07) is 18.2. The maximum atomic E-state index is 13.5. The predicted octanol–water partition coefficient (Wildman–Crippen LogP) is 2.08. The van der Waals surface area contributed by atoms with Crippen LogP contribution >= 0.6 is 0 Å². The molecule has 2 aliphatic rings. The standard InChI is InChI=1S/C37H45N9O6/c38-29(4-3-19-43-37(39)40)35(50)42-18-2-1-17-41-33(48)24-9-12-27(13-10-24)44-34(49)25-7-5-23(6-8-25)21-46(28-14-15-28)36(51)26-11-16-30-31(20-26)52-22-32(47)45-30/h5-13,16,20,28-29H,1-4,14-15,17-19,21-22,38H2,(H,41,48)(H,42,50)(H,44,49)(H,45,47)(H4,39,40,43). The Kier molecular flexibility index (Phi) is 12.8. The fourth-order valence-corrected chi connectivity index (χ4v) is 5.54.